The normalized spacial score (nSPS) is 15.3. The second-order valence-corrected chi connectivity index (χ2v) is 10.8. The number of fused-ring (bicyclic) bond motifs is 4. The smallest absolute Gasteiger partial charge is 0.305 e. The van der Waals surface area contributed by atoms with Gasteiger partial charge in [0.1, 0.15) is 17.0 Å². The van der Waals surface area contributed by atoms with Crippen LogP contribution in [-0.2, 0) is 22.4 Å². The Bertz CT molecular complexity index is 1470. The second kappa shape index (κ2) is 8.80. The van der Waals surface area contributed by atoms with Crippen molar-refractivity contribution < 1.29 is 9.59 Å². The van der Waals surface area contributed by atoms with Crippen molar-refractivity contribution in [3.8, 4) is 0 Å². The lowest BCUT2D eigenvalue weighted by Gasteiger charge is -2.27. The first-order chi connectivity index (χ1) is 16.3. The van der Waals surface area contributed by atoms with Crippen molar-refractivity contribution in [3.63, 3.8) is 0 Å². The third kappa shape index (κ3) is 4.16. The minimum absolute atomic E-state index is 0.00142. The summed E-state index contributed by atoms with van der Waals surface area (Å²) in [5, 5.41) is 4.39. The number of hydrogen-bond acceptors (Lipinski definition) is 8. The van der Waals surface area contributed by atoms with Crippen molar-refractivity contribution in [2.24, 2.45) is 5.92 Å². The van der Waals surface area contributed by atoms with Crippen molar-refractivity contribution in [1.82, 2.24) is 24.8 Å². The lowest BCUT2D eigenvalue weighted by atomic mass is 9.87. The Morgan fingerprint density at radius 2 is 2.03 bits per heavy atom. The number of aromatic amines is 1. The second-order valence-electron chi connectivity index (χ2n) is 8.68. The van der Waals surface area contributed by atoms with E-state index in [9.17, 15) is 14.4 Å². The van der Waals surface area contributed by atoms with Gasteiger partial charge in [-0.05, 0) is 43.0 Å². The van der Waals surface area contributed by atoms with E-state index < -0.39 is 0 Å². The number of amides is 2. The highest BCUT2D eigenvalue weighted by Crippen LogP contribution is 2.40. The van der Waals surface area contributed by atoms with Gasteiger partial charge in [0, 0.05) is 37.6 Å². The fourth-order valence-corrected chi connectivity index (χ4v) is 6.35. The highest BCUT2D eigenvalue weighted by molar-refractivity contribution is 7.19. The van der Waals surface area contributed by atoms with E-state index in [-0.39, 0.29) is 29.1 Å². The number of aryl methyl sites for hydroxylation is 1. The number of H-pyrrole nitrogens is 1. The minimum atomic E-state index is -0.149. The van der Waals surface area contributed by atoms with Crippen LogP contribution in [0, 0.1) is 5.92 Å². The van der Waals surface area contributed by atoms with Gasteiger partial charge in [-0.15, -0.1) is 11.3 Å². The van der Waals surface area contributed by atoms with E-state index in [1.807, 2.05) is 18.2 Å². The average Bonchev–Trinajstić information content (AvgIpc) is 3.37. The molecule has 0 saturated carbocycles. The molecular formula is C23H24N6O3S2. The van der Waals surface area contributed by atoms with Crippen LogP contribution in [0.15, 0.2) is 29.3 Å². The van der Waals surface area contributed by atoms with Crippen LogP contribution >= 0.6 is 22.7 Å². The monoisotopic (exact) mass is 496 g/mol. The molecule has 0 spiro atoms. The Hall–Kier alpha value is -3.31. The highest BCUT2D eigenvalue weighted by Gasteiger charge is 2.31. The fraction of sp³-hybridized carbons (Fsp3) is 0.348. The number of carbonyl (C=O) groups is 2. The topological polar surface area (TPSA) is 111 Å². The molecule has 0 bridgehead atoms. The molecule has 0 unspecified atom stereocenters. The quantitative estimate of drug-likeness (QED) is 0.439. The van der Waals surface area contributed by atoms with Crippen LogP contribution in [0.3, 0.4) is 0 Å². The summed E-state index contributed by atoms with van der Waals surface area (Å²) in [7, 11) is 5.07. The Kier molecular flexibility index (Phi) is 5.82. The van der Waals surface area contributed by atoms with Gasteiger partial charge in [-0.1, -0.05) is 11.3 Å². The van der Waals surface area contributed by atoms with Gasteiger partial charge in [0.15, 0.2) is 0 Å². The Labute approximate surface area is 203 Å². The molecule has 0 fully saturated rings. The zero-order valence-corrected chi connectivity index (χ0v) is 20.7. The molecule has 4 aromatic rings. The number of anilines is 2. The van der Waals surface area contributed by atoms with Crippen LogP contribution in [-0.4, -0.2) is 64.3 Å². The number of hydrogen-bond donors (Lipinski definition) is 2. The molecule has 1 aliphatic carbocycles. The summed E-state index contributed by atoms with van der Waals surface area (Å²) < 4.78 is 0.880. The molecule has 3 aromatic heterocycles. The lowest BCUT2D eigenvalue weighted by molar-refractivity contribution is -0.140. The summed E-state index contributed by atoms with van der Waals surface area (Å²) in [6.45, 7) is 0.0847. The molecule has 1 aromatic carbocycles. The Balaban J connectivity index is 1.40. The summed E-state index contributed by atoms with van der Waals surface area (Å²) in [5.41, 5.74) is 2.85. The number of benzene rings is 1. The summed E-state index contributed by atoms with van der Waals surface area (Å²) in [6.07, 6.45) is 3.65. The van der Waals surface area contributed by atoms with Crippen LogP contribution in [0.1, 0.15) is 16.9 Å². The SMILES string of the molecule is CN(C)C(=O)CN(C)C(=O)[C@@H]1CCc2c(sc3ncnc(Nc4ccc5[nH]c(=O)sc5c4)c23)C1. The molecule has 9 nitrogen and oxygen atoms in total. The molecule has 0 saturated heterocycles. The number of thiophene rings is 1. The number of likely N-dealkylation sites (N-methyl/N-ethyl adjacent to an activating group) is 2. The van der Waals surface area contributed by atoms with Gasteiger partial charge in [-0.25, -0.2) is 9.97 Å². The first kappa shape index (κ1) is 22.5. The molecule has 176 valence electrons. The number of aromatic nitrogens is 3. The van der Waals surface area contributed by atoms with Gasteiger partial charge >= 0.3 is 4.87 Å². The van der Waals surface area contributed by atoms with Crippen molar-refractivity contribution >= 4 is 66.4 Å². The fourth-order valence-electron chi connectivity index (χ4n) is 4.31. The molecule has 2 amide bonds. The van der Waals surface area contributed by atoms with E-state index in [2.05, 4.69) is 20.3 Å². The van der Waals surface area contributed by atoms with E-state index in [1.165, 1.54) is 26.7 Å². The third-order valence-corrected chi connectivity index (χ3v) is 8.13. The maximum atomic E-state index is 13.0. The van der Waals surface area contributed by atoms with Gasteiger partial charge < -0.3 is 20.1 Å². The standard InChI is InChI=1S/C23H24N6O3S2/c1-28(2)18(30)10-29(3)22(31)12-4-6-14-16(8-12)33-21-19(14)20(24-11-25-21)26-13-5-7-15-17(9-13)34-23(32)27-15/h5,7,9,11-12H,4,6,8,10H2,1-3H3,(H,27,32)(H,24,25,26)/t12-/m1/s1. The van der Waals surface area contributed by atoms with Gasteiger partial charge in [0.25, 0.3) is 0 Å². The van der Waals surface area contributed by atoms with Crippen LogP contribution in [0.25, 0.3) is 20.4 Å². The zero-order chi connectivity index (χ0) is 24.0. The minimum Gasteiger partial charge on any atom is -0.347 e. The van der Waals surface area contributed by atoms with Gasteiger partial charge in [0.05, 0.1) is 22.1 Å². The third-order valence-electron chi connectivity index (χ3n) is 6.13. The summed E-state index contributed by atoms with van der Waals surface area (Å²) in [4.78, 5) is 53.4. The number of thiazole rings is 1. The van der Waals surface area contributed by atoms with Gasteiger partial charge in [-0.2, -0.15) is 0 Å². The molecule has 0 radical (unpaired) electrons. The van der Waals surface area contributed by atoms with E-state index in [0.717, 1.165) is 49.7 Å². The summed E-state index contributed by atoms with van der Waals surface area (Å²) >= 11 is 2.77. The van der Waals surface area contributed by atoms with Crippen LogP contribution in [0.2, 0.25) is 0 Å². The molecule has 5 rings (SSSR count). The molecule has 11 heteroatoms. The van der Waals surface area contributed by atoms with Crippen molar-refractivity contribution in [2.75, 3.05) is 33.0 Å². The molecule has 1 atom stereocenters. The van der Waals surface area contributed by atoms with Crippen LogP contribution < -0.4 is 10.2 Å². The van der Waals surface area contributed by atoms with E-state index in [0.29, 0.717) is 6.42 Å². The van der Waals surface area contributed by atoms with Crippen molar-refractivity contribution in [3.05, 3.63) is 44.6 Å². The van der Waals surface area contributed by atoms with Crippen LogP contribution in [0.4, 0.5) is 11.5 Å². The summed E-state index contributed by atoms with van der Waals surface area (Å²) in [5.74, 6) is 0.485. The number of rotatable bonds is 5. The van der Waals surface area contributed by atoms with E-state index in [1.54, 1.807) is 38.8 Å². The Morgan fingerprint density at radius 1 is 1.21 bits per heavy atom. The maximum Gasteiger partial charge on any atom is 0.305 e. The molecule has 1 aliphatic rings. The van der Waals surface area contributed by atoms with Gasteiger partial charge in [-0.3, -0.25) is 14.4 Å². The molecule has 0 aliphatic heterocycles. The number of carbonyl (C=O) groups excluding carboxylic acids is 2. The zero-order valence-electron chi connectivity index (χ0n) is 19.0. The molecule has 3 heterocycles. The van der Waals surface area contributed by atoms with Crippen LogP contribution in [0.5, 0.6) is 0 Å². The molecular weight excluding hydrogens is 472 g/mol. The average molecular weight is 497 g/mol. The highest BCUT2D eigenvalue weighted by atomic mass is 32.1. The number of nitrogens with one attached hydrogen (secondary N) is 2. The molecule has 2 N–H and O–H groups in total. The van der Waals surface area contributed by atoms with E-state index in [4.69, 9.17) is 0 Å². The van der Waals surface area contributed by atoms with Crippen molar-refractivity contribution in [1.29, 1.82) is 0 Å². The molecule has 34 heavy (non-hydrogen) atoms. The number of nitrogens with zero attached hydrogens (tertiary/aromatic N) is 4. The Morgan fingerprint density at radius 3 is 2.82 bits per heavy atom. The predicted octanol–water partition coefficient (Wildman–Crippen LogP) is 2.99. The maximum absolute atomic E-state index is 13.0. The lowest BCUT2D eigenvalue weighted by Crippen LogP contribution is -2.41. The van der Waals surface area contributed by atoms with Crippen molar-refractivity contribution in [2.45, 2.75) is 19.3 Å². The summed E-state index contributed by atoms with van der Waals surface area (Å²) in [6, 6.07) is 5.73. The van der Waals surface area contributed by atoms with E-state index >= 15 is 0 Å². The first-order valence-electron chi connectivity index (χ1n) is 10.9. The first-order valence-corrected chi connectivity index (χ1v) is 12.5. The largest absolute Gasteiger partial charge is 0.347 e. The predicted molar refractivity (Wildman–Crippen MR) is 135 cm³/mol. The van der Waals surface area contributed by atoms with Gasteiger partial charge in [0.2, 0.25) is 11.8 Å².